The summed E-state index contributed by atoms with van der Waals surface area (Å²) in [4.78, 5) is 4.77. The van der Waals surface area contributed by atoms with Crippen molar-refractivity contribution in [1.29, 1.82) is 0 Å². The summed E-state index contributed by atoms with van der Waals surface area (Å²) in [5, 5.41) is 8.97. The molecule has 0 bridgehead atoms. The van der Waals surface area contributed by atoms with Gasteiger partial charge in [-0.3, -0.25) is 4.90 Å². The summed E-state index contributed by atoms with van der Waals surface area (Å²) in [6.45, 7) is 12.0. The van der Waals surface area contributed by atoms with Crippen LogP contribution in [-0.4, -0.2) is 49.3 Å². The SMILES string of the molecule is CC(C)(C)c1cccc(N2CCN(CCO)CC2)c1. The van der Waals surface area contributed by atoms with E-state index in [9.17, 15) is 0 Å². The number of piperazine rings is 1. The van der Waals surface area contributed by atoms with Gasteiger partial charge in [-0.1, -0.05) is 32.9 Å². The summed E-state index contributed by atoms with van der Waals surface area (Å²) < 4.78 is 0. The molecule has 0 aromatic heterocycles. The standard InChI is InChI=1S/C16H26N2O/c1-16(2,3)14-5-4-6-15(13-14)18-9-7-17(8-10-18)11-12-19/h4-6,13,19H,7-12H2,1-3H3. The largest absolute Gasteiger partial charge is 0.395 e. The zero-order chi connectivity index (χ0) is 13.9. The minimum Gasteiger partial charge on any atom is -0.395 e. The Morgan fingerprint density at radius 3 is 2.37 bits per heavy atom. The first-order valence-corrected chi connectivity index (χ1v) is 7.19. The van der Waals surface area contributed by atoms with Crippen LogP contribution in [-0.2, 0) is 5.41 Å². The van der Waals surface area contributed by atoms with Gasteiger partial charge < -0.3 is 10.0 Å². The molecule has 1 aromatic rings. The normalized spacial score (nSPS) is 17.8. The highest BCUT2D eigenvalue weighted by atomic mass is 16.3. The van der Waals surface area contributed by atoms with Crippen molar-refractivity contribution in [3.8, 4) is 0 Å². The molecular weight excluding hydrogens is 236 g/mol. The van der Waals surface area contributed by atoms with Crippen molar-refractivity contribution in [3.05, 3.63) is 29.8 Å². The average Bonchev–Trinajstić information content (AvgIpc) is 2.39. The molecule has 3 nitrogen and oxygen atoms in total. The molecule has 1 aliphatic rings. The van der Waals surface area contributed by atoms with Crippen LogP contribution in [0.2, 0.25) is 0 Å². The Morgan fingerprint density at radius 2 is 1.79 bits per heavy atom. The molecule has 106 valence electrons. The van der Waals surface area contributed by atoms with Gasteiger partial charge >= 0.3 is 0 Å². The van der Waals surface area contributed by atoms with Gasteiger partial charge in [-0.25, -0.2) is 0 Å². The number of hydrogen-bond acceptors (Lipinski definition) is 3. The van der Waals surface area contributed by atoms with E-state index in [-0.39, 0.29) is 12.0 Å². The molecule has 0 spiro atoms. The molecule has 0 amide bonds. The van der Waals surface area contributed by atoms with Crippen LogP contribution in [0.4, 0.5) is 5.69 Å². The summed E-state index contributed by atoms with van der Waals surface area (Å²) in [6.07, 6.45) is 0. The van der Waals surface area contributed by atoms with Crippen molar-refractivity contribution in [3.63, 3.8) is 0 Å². The zero-order valence-electron chi connectivity index (χ0n) is 12.4. The minimum atomic E-state index is 0.203. The molecule has 19 heavy (non-hydrogen) atoms. The number of benzene rings is 1. The highest BCUT2D eigenvalue weighted by Crippen LogP contribution is 2.26. The molecule has 0 atom stereocenters. The van der Waals surface area contributed by atoms with Crippen LogP contribution in [0.25, 0.3) is 0 Å². The monoisotopic (exact) mass is 262 g/mol. The number of nitrogens with zero attached hydrogens (tertiary/aromatic N) is 2. The number of aliphatic hydroxyl groups excluding tert-OH is 1. The molecule has 0 radical (unpaired) electrons. The Labute approximate surface area is 116 Å². The summed E-state index contributed by atoms with van der Waals surface area (Å²) >= 11 is 0. The van der Waals surface area contributed by atoms with E-state index in [2.05, 4.69) is 54.8 Å². The van der Waals surface area contributed by atoms with Crippen molar-refractivity contribution in [2.75, 3.05) is 44.2 Å². The van der Waals surface area contributed by atoms with Gasteiger partial charge in [0, 0.05) is 38.4 Å². The molecule has 0 saturated carbocycles. The minimum absolute atomic E-state index is 0.203. The van der Waals surface area contributed by atoms with Gasteiger partial charge in [0.2, 0.25) is 0 Å². The van der Waals surface area contributed by atoms with Crippen LogP contribution >= 0.6 is 0 Å². The van der Waals surface area contributed by atoms with Crippen LogP contribution in [0.3, 0.4) is 0 Å². The first-order valence-electron chi connectivity index (χ1n) is 7.19. The van der Waals surface area contributed by atoms with Crippen molar-refractivity contribution in [1.82, 2.24) is 4.90 Å². The molecule has 1 heterocycles. The first-order chi connectivity index (χ1) is 9.00. The van der Waals surface area contributed by atoms with Gasteiger partial charge in [0.1, 0.15) is 0 Å². The van der Waals surface area contributed by atoms with Crippen molar-refractivity contribution < 1.29 is 5.11 Å². The highest BCUT2D eigenvalue weighted by Gasteiger charge is 2.19. The average molecular weight is 262 g/mol. The van der Waals surface area contributed by atoms with Gasteiger partial charge in [-0.05, 0) is 23.1 Å². The number of β-amino-alcohol motifs (C(OH)–C–C–N with tert-alkyl or cyclic N) is 1. The Bertz CT molecular complexity index is 403. The number of rotatable bonds is 3. The third-order valence-electron chi connectivity index (χ3n) is 3.87. The highest BCUT2D eigenvalue weighted by molar-refractivity contribution is 5.50. The van der Waals surface area contributed by atoms with Gasteiger partial charge in [0.25, 0.3) is 0 Å². The quantitative estimate of drug-likeness (QED) is 0.903. The lowest BCUT2D eigenvalue weighted by Gasteiger charge is -2.36. The topological polar surface area (TPSA) is 26.7 Å². The van der Waals surface area contributed by atoms with E-state index in [1.165, 1.54) is 11.3 Å². The van der Waals surface area contributed by atoms with E-state index in [0.717, 1.165) is 32.7 Å². The molecule has 2 rings (SSSR count). The Morgan fingerprint density at radius 1 is 1.11 bits per heavy atom. The molecular formula is C16H26N2O. The van der Waals surface area contributed by atoms with Crippen LogP contribution in [0.5, 0.6) is 0 Å². The Kier molecular flexibility index (Phi) is 4.48. The molecule has 1 aliphatic heterocycles. The molecule has 1 N–H and O–H groups in total. The van der Waals surface area contributed by atoms with Gasteiger partial charge in [0.05, 0.1) is 6.61 Å². The fraction of sp³-hybridized carbons (Fsp3) is 0.625. The fourth-order valence-corrected chi connectivity index (χ4v) is 2.54. The number of aliphatic hydroxyl groups is 1. The van der Waals surface area contributed by atoms with Gasteiger partial charge in [0.15, 0.2) is 0 Å². The molecule has 1 fully saturated rings. The van der Waals surface area contributed by atoms with Crippen molar-refractivity contribution >= 4 is 5.69 Å². The van der Waals surface area contributed by atoms with Crippen LogP contribution in [0.15, 0.2) is 24.3 Å². The van der Waals surface area contributed by atoms with Crippen molar-refractivity contribution in [2.24, 2.45) is 0 Å². The van der Waals surface area contributed by atoms with E-state index in [1.54, 1.807) is 0 Å². The second-order valence-corrected chi connectivity index (χ2v) is 6.35. The number of hydrogen-bond donors (Lipinski definition) is 1. The summed E-state index contributed by atoms with van der Waals surface area (Å²) in [7, 11) is 0. The van der Waals surface area contributed by atoms with E-state index in [1.807, 2.05) is 0 Å². The lowest BCUT2D eigenvalue weighted by molar-refractivity contribution is 0.189. The Balaban J connectivity index is 2.03. The number of anilines is 1. The smallest absolute Gasteiger partial charge is 0.0558 e. The van der Waals surface area contributed by atoms with E-state index in [4.69, 9.17) is 5.11 Å². The third kappa shape index (κ3) is 3.71. The lowest BCUT2D eigenvalue weighted by atomic mass is 9.87. The van der Waals surface area contributed by atoms with E-state index < -0.39 is 0 Å². The fourth-order valence-electron chi connectivity index (χ4n) is 2.54. The molecule has 1 aromatic carbocycles. The van der Waals surface area contributed by atoms with E-state index in [0.29, 0.717) is 0 Å². The third-order valence-corrected chi connectivity index (χ3v) is 3.87. The van der Waals surface area contributed by atoms with Gasteiger partial charge in [-0.2, -0.15) is 0 Å². The summed E-state index contributed by atoms with van der Waals surface area (Å²) in [6, 6.07) is 8.90. The zero-order valence-corrected chi connectivity index (χ0v) is 12.4. The first kappa shape index (κ1) is 14.4. The maximum atomic E-state index is 8.97. The second-order valence-electron chi connectivity index (χ2n) is 6.35. The maximum absolute atomic E-state index is 8.97. The predicted octanol–water partition coefficient (Wildman–Crippen LogP) is 2.10. The van der Waals surface area contributed by atoms with E-state index >= 15 is 0 Å². The van der Waals surface area contributed by atoms with Crippen LogP contribution < -0.4 is 4.90 Å². The maximum Gasteiger partial charge on any atom is 0.0558 e. The lowest BCUT2D eigenvalue weighted by Crippen LogP contribution is -2.47. The Hall–Kier alpha value is -1.06. The molecule has 3 heteroatoms. The second kappa shape index (κ2) is 5.93. The molecule has 0 aliphatic carbocycles. The summed E-state index contributed by atoms with van der Waals surface area (Å²) in [5.74, 6) is 0. The molecule has 0 unspecified atom stereocenters. The van der Waals surface area contributed by atoms with Crippen LogP contribution in [0.1, 0.15) is 26.3 Å². The van der Waals surface area contributed by atoms with Crippen LogP contribution in [0, 0.1) is 0 Å². The van der Waals surface area contributed by atoms with Gasteiger partial charge in [-0.15, -0.1) is 0 Å². The van der Waals surface area contributed by atoms with Crippen molar-refractivity contribution in [2.45, 2.75) is 26.2 Å². The molecule has 1 saturated heterocycles. The summed E-state index contributed by atoms with van der Waals surface area (Å²) in [5.41, 5.74) is 2.92. The predicted molar refractivity (Wildman–Crippen MR) is 80.9 cm³/mol.